The SMILES string of the molecule is O=C(Nc1ccc2sccc2c1)OCc1ccccc1. The van der Waals surface area contributed by atoms with Gasteiger partial charge < -0.3 is 4.74 Å². The summed E-state index contributed by atoms with van der Waals surface area (Å²) in [6.07, 6.45) is -0.441. The van der Waals surface area contributed by atoms with E-state index in [0.717, 1.165) is 16.6 Å². The van der Waals surface area contributed by atoms with E-state index in [1.165, 1.54) is 4.70 Å². The molecule has 1 aromatic heterocycles. The zero-order valence-corrected chi connectivity index (χ0v) is 11.5. The zero-order valence-electron chi connectivity index (χ0n) is 10.7. The summed E-state index contributed by atoms with van der Waals surface area (Å²) in [6, 6.07) is 17.4. The molecule has 4 heteroatoms. The van der Waals surface area contributed by atoms with E-state index < -0.39 is 6.09 Å². The van der Waals surface area contributed by atoms with Crippen molar-refractivity contribution >= 4 is 33.2 Å². The van der Waals surface area contributed by atoms with E-state index in [1.807, 2.05) is 60.0 Å². The van der Waals surface area contributed by atoms with E-state index in [0.29, 0.717) is 0 Å². The summed E-state index contributed by atoms with van der Waals surface area (Å²) in [5.41, 5.74) is 1.71. The molecular formula is C16H13NO2S. The van der Waals surface area contributed by atoms with Crippen LogP contribution in [0.2, 0.25) is 0 Å². The van der Waals surface area contributed by atoms with Crippen molar-refractivity contribution in [1.29, 1.82) is 0 Å². The lowest BCUT2D eigenvalue weighted by molar-refractivity contribution is 0.155. The van der Waals surface area contributed by atoms with Gasteiger partial charge in [-0.3, -0.25) is 5.32 Å². The number of rotatable bonds is 3. The van der Waals surface area contributed by atoms with Crippen LogP contribution in [0.3, 0.4) is 0 Å². The van der Waals surface area contributed by atoms with Crippen LogP contribution >= 0.6 is 11.3 Å². The number of hydrogen-bond donors (Lipinski definition) is 1. The summed E-state index contributed by atoms with van der Waals surface area (Å²) in [7, 11) is 0. The molecule has 1 N–H and O–H groups in total. The highest BCUT2D eigenvalue weighted by Gasteiger charge is 2.04. The fourth-order valence-electron chi connectivity index (χ4n) is 1.92. The third kappa shape index (κ3) is 2.97. The van der Waals surface area contributed by atoms with Gasteiger partial charge >= 0.3 is 6.09 Å². The minimum Gasteiger partial charge on any atom is -0.444 e. The smallest absolute Gasteiger partial charge is 0.411 e. The van der Waals surface area contributed by atoms with Gasteiger partial charge in [0.05, 0.1) is 0 Å². The maximum Gasteiger partial charge on any atom is 0.411 e. The Kier molecular flexibility index (Phi) is 3.65. The largest absolute Gasteiger partial charge is 0.444 e. The number of carbonyl (C=O) groups is 1. The lowest BCUT2D eigenvalue weighted by Crippen LogP contribution is -2.13. The highest BCUT2D eigenvalue weighted by atomic mass is 32.1. The normalized spacial score (nSPS) is 10.4. The fourth-order valence-corrected chi connectivity index (χ4v) is 2.69. The Labute approximate surface area is 120 Å². The van der Waals surface area contributed by atoms with Crippen molar-refractivity contribution in [2.45, 2.75) is 6.61 Å². The first-order valence-electron chi connectivity index (χ1n) is 6.26. The predicted molar refractivity (Wildman–Crippen MR) is 82.1 cm³/mol. The van der Waals surface area contributed by atoms with Crippen molar-refractivity contribution in [2.75, 3.05) is 5.32 Å². The number of benzene rings is 2. The molecule has 0 fully saturated rings. The van der Waals surface area contributed by atoms with Crippen molar-refractivity contribution in [2.24, 2.45) is 0 Å². The van der Waals surface area contributed by atoms with Crippen LogP contribution in [0.5, 0.6) is 0 Å². The van der Waals surface area contributed by atoms with Crippen molar-refractivity contribution in [1.82, 2.24) is 0 Å². The topological polar surface area (TPSA) is 38.3 Å². The van der Waals surface area contributed by atoms with E-state index in [9.17, 15) is 4.79 Å². The number of amides is 1. The molecule has 0 aliphatic heterocycles. The number of hydrogen-bond acceptors (Lipinski definition) is 3. The molecule has 3 aromatic rings. The quantitative estimate of drug-likeness (QED) is 0.759. The first-order chi connectivity index (χ1) is 9.81. The van der Waals surface area contributed by atoms with Gasteiger partial charge in [0.25, 0.3) is 0 Å². The van der Waals surface area contributed by atoms with E-state index in [1.54, 1.807) is 11.3 Å². The molecule has 0 unspecified atom stereocenters. The molecule has 0 radical (unpaired) electrons. The van der Waals surface area contributed by atoms with Crippen molar-refractivity contribution < 1.29 is 9.53 Å². The first-order valence-corrected chi connectivity index (χ1v) is 7.14. The van der Waals surface area contributed by atoms with Crippen LogP contribution in [0.25, 0.3) is 10.1 Å². The highest BCUT2D eigenvalue weighted by Crippen LogP contribution is 2.24. The minimum atomic E-state index is -0.441. The lowest BCUT2D eigenvalue weighted by Gasteiger charge is -2.07. The molecule has 0 aliphatic rings. The van der Waals surface area contributed by atoms with Gasteiger partial charge in [0.2, 0.25) is 0 Å². The van der Waals surface area contributed by atoms with Crippen LogP contribution in [0.4, 0.5) is 10.5 Å². The zero-order chi connectivity index (χ0) is 13.8. The second kappa shape index (κ2) is 5.75. The summed E-state index contributed by atoms with van der Waals surface area (Å²) in [6.45, 7) is 0.271. The third-order valence-corrected chi connectivity index (χ3v) is 3.81. The summed E-state index contributed by atoms with van der Waals surface area (Å²) in [5.74, 6) is 0. The summed E-state index contributed by atoms with van der Waals surface area (Å²) in [5, 5.41) is 5.89. The molecule has 1 amide bonds. The number of nitrogens with one attached hydrogen (secondary N) is 1. The minimum absolute atomic E-state index is 0.271. The Bertz CT molecular complexity index is 721. The lowest BCUT2D eigenvalue weighted by atomic mass is 10.2. The van der Waals surface area contributed by atoms with Gasteiger partial charge in [-0.15, -0.1) is 11.3 Å². The molecule has 0 saturated heterocycles. The second-order valence-corrected chi connectivity index (χ2v) is 5.31. The Morgan fingerprint density at radius 3 is 2.80 bits per heavy atom. The van der Waals surface area contributed by atoms with Crippen molar-refractivity contribution in [3.8, 4) is 0 Å². The number of thiophene rings is 1. The number of ether oxygens (including phenoxy) is 1. The average Bonchev–Trinajstić information content (AvgIpc) is 2.94. The Balaban J connectivity index is 1.61. The molecule has 0 atom stereocenters. The summed E-state index contributed by atoms with van der Waals surface area (Å²) in [4.78, 5) is 11.7. The molecule has 0 bridgehead atoms. The Morgan fingerprint density at radius 2 is 1.95 bits per heavy atom. The van der Waals surface area contributed by atoms with Gasteiger partial charge in [0.15, 0.2) is 0 Å². The average molecular weight is 283 g/mol. The Hall–Kier alpha value is -2.33. The summed E-state index contributed by atoms with van der Waals surface area (Å²) >= 11 is 1.68. The van der Waals surface area contributed by atoms with Crippen molar-refractivity contribution in [3.05, 3.63) is 65.5 Å². The fraction of sp³-hybridized carbons (Fsp3) is 0.0625. The first kappa shape index (κ1) is 12.7. The van der Waals surface area contributed by atoms with Crippen LogP contribution in [0, 0.1) is 0 Å². The summed E-state index contributed by atoms with van der Waals surface area (Å²) < 4.78 is 6.38. The molecule has 1 heterocycles. The van der Waals surface area contributed by atoms with Crippen LogP contribution < -0.4 is 5.32 Å². The van der Waals surface area contributed by atoms with Crippen molar-refractivity contribution in [3.63, 3.8) is 0 Å². The predicted octanol–water partition coefficient (Wildman–Crippen LogP) is 4.65. The van der Waals surface area contributed by atoms with Gasteiger partial charge in [-0.25, -0.2) is 4.79 Å². The standard InChI is InChI=1S/C16H13NO2S/c18-16(19-11-12-4-2-1-3-5-12)17-14-6-7-15-13(10-14)8-9-20-15/h1-10H,11H2,(H,17,18). The Morgan fingerprint density at radius 1 is 1.10 bits per heavy atom. The maximum absolute atomic E-state index is 11.7. The van der Waals surface area contributed by atoms with E-state index in [4.69, 9.17) is 4.74 Å². The molecule has 0 saturated carbocycles. The van der Waals surface area contributed by atoms with Crippen LogP contribution in [-0.4, -0.2) is 6.09 Å². The van der Waals surface area contributed by atoms with Gasteiger partial charge in [-0.1, -0.05) is 30.3 Å². The van der Waals surface area contributed by atoms with E-state index >= 15 is 0 Å². The van der Waals surface area contributed by atoms with Crippen LogP contribution in [-0.2, 0) is 11.3 Å². The number of fused-ring (bicyclic) bond motifs is 1. The molecule has 0 spiro atoms. The number of carbonyl (C=O) groups excluding carboxylic acids is 1. The van der Waals surface area contributed by atoms with E-state index in [-0.39, 0.29) is 6.61 Å². The van der Waals surface area contributed by atoms with Gasteiger partial charge in [-0.05, 0) is 40.6 Å². The third-order valence-electron chi connectivity index (χ3n) is 2.91. The number of anilines is 1. The van der Waals surface area contributed by atoms with Crippen LogP contribution in [0.15, 0.2) is 60.0 Å². The second-order valence-electron chi connectivity index (χ2n) is 4.36. The molecule has 0 aliphatic carbocycles. The van der Waals surface area contributed by atoms with Crippen LogP contribution in [0.1, 0.15) is 5.56 Å². The monoisotopic (exact) mass is 283 g/mol. The van der Waals surface area contributed by atoms with Gasteiger partial charge in [0, 0.05) is 10.4 Å². The maximum atomic E-state index is 11.7. The molecule has 20 heavy (non-hydrogen) atoms. The molecule has 100 valence electrons. The molecule has 2 aromatic carbocycles. The molecular weight excluding hydrogens is 270 g/mol. The molecule has 3 nitrogen and oxygen atoms in total. The highest BCUT2D eigenvalue weighted by molar-refractivity contribution is 7.17. The van der Waals surface area contributed by atoms with Gasteiger partial charge in [-0.2, -0.15) is 0 Å². The van der Waals surface area contributed by atoms with E-state index in [2.05, 4.69) is 5.32 Å². The molecule has 3 rings (SSSR count). The van der Waals surface area contributed by atoms with Gasteiger partial charge in [0.1, 0.15) is 6.61 Å².